The zero-order valence-corrected chi connectivity index (χ0v) is 15.0. The van der Waals surface area contributed by atoms with E-state index in [1.54, 1.807) is 6.07 Å². The fourth-order valence-electron chi connectivity index (χ4n) is 3.68. The van der Waals surface area contributed by atoms with Crippen molar-refractivity contribution in [3.05, 3.63) is 18.2 Å². The average molecular weight is 380 g/mol. The van der Waals surface area contributed by atoms with Gasteiger partial charge in [-0.25, -0.2) is 8.42 Å². The molecular weight excluding hydrogens is 360 g/mol. The van der Waals surface area contributed by atoms with Crippen LogP contribution in [0.4, 0.5) is 0 Å². The zero-order chi connectivity index (χ0) is 18.3. The Morgan fingerprint density at radius 1 is 0.923 bits per heavy atom. The smallest absolute Gasteiger partial charge is 0.243 e. The van der Waals surface area contributed by atoms with E-state index < -0.39 is 10.0 Å². The molecule has 1 aromatic carbocycles. The van der Waals surface area contributed by atoms with Crippen molar-refractivity contribution in [2.45, 2.75) is 36.6 Å². The number of imide groups is 1. The highest BCUT2D eigenvalue weighted by Gasteiger charge is 2.38. The summed E-state index contributed by atoms with van der Waals surface area (Å²) in [7, 11) is -3.66. The van der Waals surface area contributed by atoms with Gasteiger partial charge in [-0.05, 0) is 25.0 Å². The van der Waals surface area contributed by atoms with Crippen LogP contribution in [0.3, 0.4) is 0 Å². The number of ether oxygens (including phenoxy) is 2. The number of hydrogen-bond donors (Lipinski definition) is 0. The van der Waals surface area contributed by atoms with Gasteiger partial charge in [0.1, 0.15) is 13.2 Å². The van der Waals surface area contributed by atoms with Gasteiger partial charge in [0.05, 0.1) is 4.90 Å². The van der Waals surface area contributed by atoms with Crippen molar-refractivity contribution in [2.75, 3.05) is 26.3 Å². The maximum Gasteiger partial charge on any atom is 0.243 e. The Balaban J connectivity index is 1.48. The number of rotatable bonds is 3. The van der Waals surface area contributed by atoms with Crippen molar-refractivity contribution in [3.8, 4) is 11.5 Å². The normalized spacial score (nSPS) is 22.1. The summed E-state index contributed by atoms with van der Waals surface area (Å²) in [6.45, 7) is 1.39. The van der Waals surface area contributed by atoms with Crippen LogP contribution in [0.5, 0.6) is 11.5 Å². The Labute approximate surface area is 151 Å². The summed E-state index contributed by atoms with van der Waals surface area (Å²) in [4.78, 5) is 25.2. The van der Waals surface area contributed by atoms with E-state index in [-0.39, 0.29) is 48.7 Å². The van der Waals surface area contributed by atoms with Gasteiger partial charge in [0.25, 0.3) is 0 Å². The Bertz CT molecular complexity index is 829. The van der Waals surface area contributed by atoms with Crippen LogP contribution in [0, 0.1) is 0 Å². The lowest BCUT2D eigenvalue weighted by Gasteiger charge is -2.35. The van der Waals surface area contributed by atoms with Gasteiger partial charge in [-0.2, -0.15) is 4.31 Å². The lowest BCUT2D eigenvalue weighted by Crippen LogP contribution is -2.48. The molecule has 0 saturated carbocycles. The molecule has 3 aliphatic heterocycles. The number of hydrogen-bond acceptors (Lipinski definition) is 6. The van der Waals surface area contributed by atoms with E-state index in [9.17, 15) is 18.0 Å². The van der Waals surface area contributed by atoms with E-state index in [4.69, 9.17) is 9.47 Å². The van der Waals surface area contributed by atoms with Crippen LogP contribution in [0.25, 0.3) is 0 Å². The van der Waals surface area contributed by atoms with Crippen LogP contribution in [0.2, 0.25) is 0 Å². The SMILES string of the molecule is O=C1CCC(=O)N1C1CCN(S(=O)(=O)c2ccc3c(c2)OCCO3)CC1. The zero-order valence-electron chi connectivity index (χ0n) is 14.2. The van der Waals surface area contributed by atoms with Gasteiger partial charge in [-0.1, -0.05) is 0 Å². The van der Waals surface area contributed by atoms with Crippen molar-refractivity contribution in [2.24, 2.45) is 0 Å². The van der Waals surface area contributed by atoms with E-state index >= 15 is 0 Å². The van der Waals surface area contributed by atoms with Crippen LogP contribution < -0.4 is 9.47 Å². The van der Waals surface area contributed by atoms with E-state index in [2.05, 4.69) is 0 Å². The number of nitrogens with zero attached hydrogens (tertiary/aromatic N) is 2. The first kappa shape index (κ1) is 17.3. The van der Waals surface area contributed by atoms with Gasteiger partial charge in [0.2, 0.25) is 21.8 Å². The number of carbonyl (C=O) groups excluding carboxylic acids is 2. The number of likely N-dealkylation sites (tertiary alicyclic amines) is 1. The highest BCUT2D eigenvalue weighted by Crippen LogP contribution is 2.34. The molecule has 0 unspecified atom stereocenters. The first-order chi connectivity index (χ1) is 12.5. The number of benzene rings is 1. The predicted octanol–water partition coefficient (Wildman–Crippen LogP) is 0.760. The molecule has 2 fully saturated rings. The molecule has 0 radical (unpaired) electrons. The lowest BCUT2D eigenvalue weighted by molar-refractivity contribution is -0.141. The van der Waals surface area contributed by atoms with Gasteiger partial charge >= 0.3 is 0 Å². The van der Waals surface area contributed by atoms with Crippen LogP contribution >= 0.6 is 0 Å². The quantitative estimate of drug-likeness (QED) is 0.719. The van der Waals surface area contributed by atoms with E-state index in [1.165, 1.54) is 21.3 Å². The maximum absolute atomic E-state index is 12.9. The van der Waals surface area contributed by atoms with Gasteiger partial charge < -0.3 is 9.47 Å². The summed E-state index contributed by atoms with van der Waals surface area (Å²) in [6, 6.07) is 4.41. The molecule has 0 N–H and O–H groups in total. The van der Waals surface area contributed by atoms with Crippen LogP contribution in [0.1, 0.15) is 25.7 Å². The first-order valence-corrected chi connectivity index (χ1v) is 10.2. The Kier molecular flexibility index (Phi) is 4.36. The predicted molar refractivity (Wildman–Crippen MR) is 90.3 cm³/mol. The van der Waals surface area contributed by atoms with Gasteiger partial charge in [-0.15, -0.1) is 0 Å². The molecule has 3 heterocycles. The van der Waals surface area contributed by atoms with Gasteiger partial charge in [0, 0.05) is 38.0 Å². The van der Waals surface area contributed by atoms with Crippen molar-refractivity contribution >= 4 is 21.8 Å². The monoisotopic (exact) mass is 380 g/mol. The highest BCUT2D eigenvalue weighted by atomic mass is 32.2. The fourth-order valence-corrected chi connectivity index (χ4v) is 5.16. The van der Waals surface area contributed by atoms with E-state index in [0.29, 0.717) is 37.6 Å². The first-order valence-electron chi connectivity index (χ1n) is 8.71. The highest BCUT2D eigenvalue weighted by molar-refractivity contribution is 7.89. The molecule has 0 aliphatic carbocycles. The summed E-state index contributed by atoms with van der Waals surface area (Å²) < 4.78 is 38.1. The van der Waals surface area contributed by atoms with Gasteiger partial charge in [0.15, 0.2) is 11.5 Å². The van der Waals surface area contributed by atoms with E-state index in [0.717, 1.165) is 0 Å². The third-order valence-electron chi connectivity index (χ3n) is 5.03. The summed E-state index contributed by atoms with van der Waals surface area (Å²) in [5.74, 6) is 0.673. The molecule has 140 valence electrons. The number of amides is 2. The molecule has 2 saturated heterocycles. The number of carbonyl (C=O) groups is 2. The second kappa shape index (κ2) is 6.55. The largest absolute Gasteiger partial charge is 0.486 e. The molecule has 9 heteroatoms. The molecule has 0 aromatic heterocycles. The second-order valence-electron chi connectivity index (χ2n) is 6.60. The summed E-state index contributed by atoms with van der Waals surface area (Å²) >= 11 is 0. The van der Waals surface area contributed by atoms with Crippen LogP contribution in [-0.4, -0.2) is 61.8 Å². The minimum Gasteiger partial charge on any atom is -0.486 e. The standard InChI is InChI=1S/C17H20N2O6S/c20-16-3-4-17(21)19(16)12-5-7-18(8-6-12)26(22,23)13-1-2-14-15(11-13)25-10-9-24-14/h1-2,11-12H,3-10H2. The molecule has 0 bridgehead atoms. The molecule has 2 amide bonds. The lowest BCUT2D eigenvalue weighted by atomic mass is 10.1. The van der Waals surface area contributed by atoms with Gasteiger partial charge in [-0.3, -0.25) is 14.5 Å². The van der Waals surface area contributed by atoms with Crippen LogP contribution in [0.15, 0.2) is 23.1 Å². The molecule has 0 spiro atoms. The summed E-state index contributed by atoms with van der Waals surface area (Å²) in [6.07, 6.45) is 1.44. The van der Waals surface area contributed by atoms with Crippen molar-refractivity contribution in [3.63, 3.8) is 0 Å². The number of piperidine rings is 1. The summed E-state index contributed by atoms with van der Waals surface area (Å²) in [5, 5.41) is 0. The molecule has 4 rings (SSSR count). The molecular formula is C17H20N2O6S. The minimum atomic E-state index is -3.66. The van der Waals surface area contributed by atoms with E-state index in [1.807, 2.05) is 0 Å². The Hall–Kier alpha value is -2.13. The third kappa shape index (κ3) is 2.95. The fraction of sp³-hybridized carbons (Fsp3) is 0.529. The maximum atomic E-state index is 12.9. The molecule has 3 aliphatic rings. The topological polar surface area (TPSA) is 93.2 Å². The molecule has 26 heavy (non-hydrogen) atoms. The Morgan fingerprint density at radius 3 is 2.19 bits per heavy atom. The van der Waals surface area contributed by atoms with Crippen molar-refractivity contribution < 1.29 is 27.5 Å². The average Bonchev–Trinajstić information content (AvgIpc) is 3.00. The number of sulfonamides is 1. The second-order valence-corrected chi connectivity index (χ2v) is 8.54. The minimum absolute atomic E-state index is 0.150. The van der Waals surface area contributed by atoms with Crippen molar-refractivity contribution in [1.29, 1.82) is 0 Å². The molecule has 1 aromatic rings. The Morgan fingerprint density at radius 2 is 1.54 bits per heavy atom. The van der Waals surface area contributed by atoms with Crippen LogP contribution in [-0.2, 0) is 19.6 Å². The number of fused-ring (bicyclic) bond motifs is 1. The molecule has 0 atom stereocenters. The third-order valence-corrected chi connectivity index (χ3v) is 6.92. The summed E-state index contributed by atoms with van der Waals surface area (Å²) in [5.41, 5.74) is 0. The van der Waals surface area contributed by atoms with Crippen molar-refractivity contribution in [1.82, 2.24) is 9.21 Å². The molecule has 8 nitrogen and oxygen atoms in total.